The van der Waals surface area contributed by atoms with Crippen molar-refractivity contribution in [2.75, 3.05) is 7.11 Å². The van der Waals surface area contributed by atoms with E-state index >= 15 is 0 Å². The van der Waals surface area contributed by atoms with Crippen LogP contribution in [0.4, 0.5) is 0 Å². The summed E-state index contributed by atoms with van der Waals surface area (Å²) >= 11 is 0. The van der Waals surface area contributed by atoms with Crippen molar-refractivity contribution in [3.63, 3.8) is 0 Å². The summed E-state index contributed by atoms with van der Waals surface area (Å²) in [5.41, 5.74) is 1.71. The van der Waals surface area contributed by atoms with Gasteiger partial charge in [-0.2, -0.15) is 0 Å². The Bertz CT molecular complexity index is 647. The molecule has 0 aliphatic rings. The standard InChI is InChI=1S/C13H9N2O2/c1-16-13-12-9(8-17-13)3-2-4-10(12)11-7-14-5-6-15-11/h2-7H,1H3. The molecule has 0 atom stereocenters. The lowest BCUT2D eigenvalue weighted by atomic mass is 10.1. The summed E-state index contributed by atoms with van der Waals surface area (Å²) in [5, 5.41) is 1.74. The third-order valence-electron chi connectivity index (χ3n) is 2.55. The van der Waals surface area contributed by atoms with Gasteiger partial charge in [0, 0.05) is 23.3 Å². The molecule has 0 fully saturated rings. The van der Waals surface area contributed by atoms with Gasteiger partial charge in [0.05, 0.1) is 24.4 Å². The predicted molar refractivity (Wildman–Crippen MR) is 62.6 cm³/mol. The number of rotatable bonds is 2. The zero-order valence-corrected chi connectivity index (χ0v) is 9.18. The van der Waals surface area contributed by atoms with Gasteiger partial charge in [-0.1, -0.05) is 18.2 Å². The van der Waals surface area contributed by atoms with Crippen LogP contribution in [-0.2, 0) is 0 Å². The van der Waals surface area contributed by atoms with Gasteiger partial charge in [-0.05, 0) is 0 Å². The Labute approximate surface area is 97.9 Å². The number of aromatic nitrogens is 2. The minimum atomic E-state index is 0.446. The fourth-order valence-electron chi connectivity index (χ4n) is 1.80. The molecule has 0 aliphatic heterocycles. The molecule has 0 N–H and O–H groups in total. The largest absolute Gasteiger partial charge is 0.468 e. The quantitative estimate of drug-likeness (QED) is 0.672. The molecule has 3 rings (SSSR count). The Morgan fingerprint density at radius 1 is 1.29 bits per heavy atom. The first-order valence-corrected chi connectivity index (χ1v) is 5.13. The van der Waals surface area contributed by atoms with Crippen molar-refractivity contribution in [2.45, 2.75) is 0 Å². The molecule has 0 saturated carbocycles. The molecule has 0 spiro atoms. The van der Waals surface area contributed by atoms with Gasteiger partial charge in [0.25, 0.3) is 5.95 Å². The summed E-state index contributed by atoms with van der Waals surface area (Å²) < 4.78 is 10.4. The number of hydrogen-bond acceptors (Lipinski definition) is 4. The summed E-state index contributed by atoms with van der Waals surface area (Å²) in [6.07, 6.45) is 7.81. The van der Waals surface area contributed by atoms with E-state index in [2.05, 4.69) is 16.2 Å². The zero-order chi connectivity index (χ0) is 11.7. The van der Waals surface area contributed by atoms with Crippen LogP contribution in [0.25, 0.3) is 22.0 Å². The summed E-state index contributed by atoms with van der Waals surface area (Å²) in [6, 6.07) is 5.80. The first-order chi connectivity index (χ1) is 8.40. The molecule has 0 amide bonds. The molecular formula is C13H9N2O2. The monoisotopic (exact) mass is 225 g/mol. The molecular weight excluding hydrogens is 216 g/mol. The van der Waals surface area contributed by atoms with Gasteiger partial charge in [0.2, 0.25) is 0 Å². The maximum absolute atomic E-state index is 5.23. The van der Waals surface area contributed by atoms with Crippen LogP contribution in [-0.4, -0.2) is 17.1 Å². The first kappa shape index (κ1) is 9.84. The van der Waals surface area contributed by atoms with Crippen LogP contribution in [0.1, 0.15) is 0 Å². The topological polar surface area (TPSA) is 48.2 Å². The van der Waals surface area contributed by atoms with Gasteiger partial charge < -0.3 is 9.15 Å². The van der Waals surface area contributed by atoms with Gasteiger partial charge in [-0.25, -0.2) is 0 Å². The number of methoxy groups -OCH3 is 1. The molecule has 83 valence electrons. The Kier molecular flexibility index (Phi) is 2.26. The van der Waals surface area contributed by atoms with Crippen LogP contribution < -0.4 is 4.74 Å². The van der Waals surface area contributed by atoms with Crippen LogP contribution >= 0.6 is 0 Å². The molecule has 2 heterocycles. The number of benzene rings is 1. The van der Waals surface area contributed by atoms with E-state index in [4.69, 9.17) is 9.15 Å². The maximum atomic E-state index is 5.23. The lowest BCUT2D eigenvalue weighted by molar-refractivity contribution is 0.307. The van der Waals surface area contributed by atoms with E-state index in [0.717, 1.165) is 22.0 Å². The Balaban J connectivity index is 2.33. The predicted octanol–water partition coefficient (Wildman–Crippen LogP) is 2.70. The molecule has 0 aliphatic carbocycles. The average Bonchev–Trinajstić information content (AvgIpc) is 2.82. The van der Waals surface area contributed by atoms with E-state index in [1.54, 1.807) is 25.7 Å². The molecule has 17 heavy (non-hydrogen) atoms. The maximum Gasteiger partial charge on any atom is 0.293 e. The van der Waals surface area contributed by atoms with Crippen molar-refractivity contribution in [3.8, 4) is 17.2 Å². The Morgan fingerprint density at radius 3 is 3.00 bits per heavy atom. The minimum absolute atomic E-state index is 0.446. The van der Waals surface area contributed by atoms with Gasteiger partial charge in [-0.3, -0.25) is 9.97 Å². The highest BCUT2D eigenvalue weighted by Crippen LogP contribution is 2.35. The number of nitrogens with zero attached hydrogens (tertiary/aromatic N) is 2. The Morgan fingerprint density at radius 2 is 2.24 bits per heavy atom. The third kappa shape index (κ3) is 1.54. The SMILES string of the molecule is COc1o[c]c2cccc(-c3cnccn3)c12. The summed E-state index contributed by atoms with van der Waals surface area (Å²) in [4.78, 5) is 8.34. The summed E-state index contributed by atoms with van der Waals surface area (Å²) in [7, 11) is 1.57. The van der Waals surface area contributed by atoms with E-state index in [1.165, 1.54) is 0 Å². The fraction of sp³-hybridized carbons (Fsp3) is 0.0769. The normalized spacial score (nSPS) is 10.6. The molecule has 2 aromatic heterocycles. The van der Waals surface area contributed by atoms with E-state index < -0.39 is 0 Å². The number of hydrogen-bond donors (Lipinski definition) is 0. The van der Waals surface area contributed by atoms with Gasteiger partial charge in [0.1, 0.15) is 0 Å². The van der Waals surface area contributed by atoms with Crippen molar-refractivity contribution in [2.24, 2.45) is 0 Å². The number of furan rings is 1. The minimum Gasteiger partial charge on any atom is -0.468 e. The highest BCUT2D eigenvalue weighted by molar-refractivity contribution is 5.98. The second-order valence-corrected chi connectivity index (χ2v) is 3.51. The van der Waals surface area contributed by atoms with E-state index in [0.29, 0.717) is 5.95 Å². The highest BCUT2D eigenvalue weighted by atomic mass is 16.6. The molecule has 0 bridgehead atoms. The highest BCUT2D eigenvalue weighted by Gasteiger charge is 2.13. The summed E-state index contributed by atoms with van der Waals surface area (Å²) in [6.45, 7) is 0. The van der Waals surface area contributed by atoms with Crippen LogP contribution in [0, 0.1) is 6.26 Å². The van der Waals surface area contributed by atoms with Crippen LogP contribution in [0.15, 0.2) is 41.2 Å². The smallest absolute Gasteiger partial charge is 0.293 e. The molecule has 0 saturated heterocycles. The van der Waals surface area contributed by atoms with Crippen LogP contribution in [0.3, 0.4) is 0 Å². The third-order valence-corrected chi connectivity index (χ3v) is 2.55. The van der Waals surface area contributed by atoms with Crippen molar-refractivity contribution >= 4 is 10.8 Å². The average molecular weight is 225 g/mol. The molecule has 1 aromatic carbocycles. The van der Waals surface area contributed by atoms with Crippen molar-refractivity contribution in [3.05, 3.63) is 43.1 Å². The van der Waals surface area contributed by atoms with Crippen molar-refractivity contribution in [1.29, 1.82) is 0 Å². The zero-order valence-electron chi connectivity index (χ0n) is 9.18. The van der Waals surface area contributed by atoms with Crippen molar-refractivity contribution < 1.29 is 9.15 Å². The summed E-state index contributed by atoms with van der Waals surface area (Å²) in [5.74, 6) is 0.446. The number of fused-ring (bicyclic) bond motifs is 1. The van der Waals surface area contributed by atoms with E-state index in [1.807, 2.05) is 18.2 Å². The van der Waals surface area contributed by atoms with Crippen molar-refractivity contribution in [1.82, 2.24) is 9.97 Å². The Hall–Kier alpha value is -2.36. The lowest BCUT2D eigenvalue weighted by Gasteiger charge is -2.02. The molecule has 3 aromatic rings. The fourth-order valence-corrected chi connectivity index (χ4v) is 1.80. The molecule has 4 nitrogen and oxygen atoms in total. The van der Waals surface area contributed by atoms with Crippen LogP contribution in [0.2, 0.25) is 0 Å². The van der Waals surface area contributed by atoms with Gasteiger partial charge in [-0.15, -0.1) is 0 Å². The first-order valence-electron chi connectivity index (χ1n) is 5.13. The number of ether oxygens (including phenoxy) is 1. The molecule has 1 radical (unpaired) electrons. The second-order valence-electron chi connectivity index (χ2n) is 3.51. The van der Waals surface area contributed by atoms with Gasteiger partial charge >= 0.3 is 0 Å². The van der Waals surface area contributed by atoms with Crippen LogP contribution in [0.5, 0.6) is 5.95 Å². The second kappa shape index (κ2) is 3.90. The molecule has 4 heteroatoms. The van der Waals surface area contributed by atoms with E-state index in [9.17, 15) is 0 Å². The van der Waals surface area contributed by atoms with Gasteiger partial charge in [0.15, 0.2) is 6.26 Å². The molecule has 0 unspecified atom stereocenters. The van der Waals surface area contributed by atoms with E-state index in [-0.39, 0.29) is 0 Å². The lowest BCUT2D eigenvalue weighted by Crippen LogP contribution is -1.87.